The summed E-state index contributed by atoms with van der Waals surface area (Å²) in [6.45, 7) is 1.06. The van der Waals surface area contributed by atoms with E-state index in [4.69, 9.17) is 11.6 Å². The number of carbonyl (C=O) groups is 1. The molecule has 1 unspecified atom stereocenters. The van der Waals surface area contributed by atoms with Crippen LogP contribution in [0.3, 0.4) is 0 Å². The van der Waals surface area contributed by atoms with Gasteiger partial charge in [-0.3, -0.25) is 4.79 Å². The predicted molar refractivity (Wildman–Crippen MR) is 110 cm³/mol. The molecule has 0 aliphatic carbocycles. The minimum Gasteiger partial charge on any atom is -0.406 e. The van der Waals surface area contributed by atoms with E-state index < -0.39 is 17.7 Å². The molecule has 0 aromatic heterocycles. The third-order valence-electron chi connectivity index (χ3n) is 4.32. The third kappa shape index (κ3) is 6.66. The summed E-state index contributed by atoms with van der Waals surface area (Å²) in [6.07, 6.45) is -1.98. The van der Waals surface area contributed by atoms with Crippen LogP contribution in [-0.4, -0.2) is 34.2 Å². The standard InChI is InChI=1S/C20H18ClF3N2O3S/c21-15-1-3-16(4-2-15)25-19(27)13-14-9-11-26(12-10-14)30(28)18-7-5-17(6-8-18)29-20(22,23)24/h1-8,13,28H,9-12H2/p+1. The SMILES string of the molecule is O=C(C=C1CCN([S+](O)c2ccc(OC(F)(F)F)cc2)CC1)Nc1ccc(Cl)cc1. The minimum absolute atomic E-state index is 0.232. The van der Waals surface area contributed by atoms with E-state index in [1.54, 1.807) is 30.3 Å². The molecule has 1 fully saturated rings. The average Bonchev–Trinajstić information content (AvgIpc) is 2.69. The molecule has 5 nitrogen and oxygen atoms in total. The summed E-state index contributed by atoms with van der Waals surface area (Å²) >= 11 is 4.56. The highest BCUT2D eigenvalue weighted by Gasteiger charge is 2.34. The molecule has 1 aliphatic rings. The van der Waals surface area contributed by atoms with Crippen molar-refractivity contribution in [2.24, 2.45) is 0 Å². The molecule has 2 aromatic rings. The number of alkyl halides is 3. The van der Waals surface area contributed by atoms with Crippen LogP contribution in [0.2, 0.25) is 5.02 Å². The largest absolute Gasteiger partial charge is 0.573 e. The normalized spacial score (nSPS) is 16.1. The topological polar surface area (TPSA) is 61.8 Å². The van der Waals surface area contributed by atoms with Crippen LogP contribution in [-0.2, 0) is 16.2 Å². The second-order valence-electron chi connectivity index (χ2n) is 6.51. The van der Waals surface area contributed by atoms with Crippen molar-refractivity contribution in [3.63, 3.8) is 0 Å². The summed E-state index contributed by atoms with van der Waals surface area (Å²) in [5.74, 6) is -0.567. The second-order valence-corrected chi connectivity index (χ2v) is 8.46. The first-order valence-electron chi connectivity index (χ1n) is 9.00. The Morgan fingerprint density at radius 3 is 2.27 bits per heavy atom. The van der Waals surface area contributed by atoms with Crippen LogP contribution in [0.15, 0.2) is 65.1 Å². The van der Waals surface area contributed by atoms with Crippen molar-refractivity contribution in [1.29, 1.82) is 0 Å². The fourth-order valence-corrected chi connectivity index (χ4v) is 4.23. The van der Waals surface area contributed by atoms with E-state index in [9.17, 15) is 22.5 Å². The number of halogens is 4. The highest BCUT2D eigenvalue weighted by Crippen LogP contribution is 2.27. The zero-order valence-corrected chi connectivity index (χ0v) is 17.2. The second kappa shape index (κ2) is 9.74. The lowest BCUT2D eigenvalue weighted by atomic mass is 10.1. The Morgan fingerprint density at radius 1 is 1.10 bits per heavy atom. The summed E-state index contributed by atoms with van der Waals surface area (Å²) in [7, 11) is 0. The number of nitrogens with zero attached hydrogens (tertiary/aromatic N) is 1. The Hall–Kier alpha value is -2.20. The number of piperidine rings is 1. The van der Waals surface area contributed by atoms with E-state index in [1.807, 2.05) is 4.31 Å². The first-order valence-corrected chi connectivity index (χ1v) is 10.5. The molecule has 3 rings (SSSR count). The monoisotopic (exact) mass is 459 g/mol. The summed E-state index contributed by atoms with van der Waals surface area (Å²) in [5, 5.41) is 3.35. The smallest absolute Gasteiger partial charge is 0.406 e. The van der Waals surface area contributed by atoms with Crippen LogP contribution >= 0.6 is 11.6 Å². The van der Waals surface area contributed by atoms with Crippen molar-refractivity contribution >= 4 is 34.6 Å². The van der Waals surface area contributed by atoms with Gasteiger partial charge in [-0.05, 0) is 49.2 Å². The number of hydrogen-bond acceptors (Lipinski definition) is 4. The molecular formula is C20H19ClF3N2O3S+. The molecule has 1 aliphatic heterocycles. The maximum Gasteiger partial charge on any atom is 0.573 e. The number of benzene rings is 2. The molecule has 1 amide bonds. The Bertz CT molecular complexity index is 895. The third-order valence-corrected chi connectivity index (χ3v) is 6.12. The van der Waals surface area contributed by atoms with Crippen LogP contribution in [0.4, 0.5) is 18.9 Å². The van der Waals surface area contributed by atoms with Gasteiger partial charge in [0.2, 0.25) is 10.8 Å². The summed E-state index contributed by atoms with van der Waals surface area (Å²) < 4.78 is 52.9. The van der Waals surface area contributed by atoms with Crippen LogP contribution < -0.4 is 10.1 Å². The zero-order chi connectivity index (χ0) is 21.7. The molecule has 30 heavy (non-hydrogen) atoms. The molecule has 1 saturated heterocycles. The van der Waals surface area contributed by atoms with Gasteiger partial charge in [0, 0.05) is 28.9 Å². The Morgan fingerprint density at radius 2 is 1.70 bits per heavy atom. The maximum absolute atomic E-state index is 12.2. The lowest BCUT2D eigenvalue weighted by Crippen LogP contribution is -2.36. The van der Waals surface area contributed by atoms with Gasteiger partial charge in [0.1, 0.15) is 5.75 Å². The number of amides is 1. The lowest BCUT2D eigenvalue weighted by molar-refractivity contribution is -0.274. The molecule has 160 valence electrons. The summed E-state index contributed by atoms with van der Waals surface area (Å²) in [4.78, 5) is 12.7. The van der Waals surface area contributed by atoms with Gasteiger partial charge >= 0.3 is 6.36 Å². The molecule has 2 N–H and O–H groups in total. The number of nitrogens with one attached hydrogen (secondary N) is 1. The molecule has 0 spiro atoms. The van der Waals surface area contributed by atoms with E-state index in [1.165, 1.54) is 24.3 Å². The molecule has 0 bridgehead atoms. The molecule has 10 heteroatoms. The van der Waals surface area contributed by atoms with Crippen molar-refractivity contribution in [1.82, 2.24) is 4.31 Å². The first-order chi connectivity index (χ1) is 14.2. The van der Waals surface area contributed by atoms with Crippen molar-refractivity contribution in [3.05, 3.63) is 65.2 Å². The number of rotatable bonds is 5. The van der Waals surface area contributed by atoms with Gasteiger partial charge in [-0.1, -0.05) is 21.5 Å². The highest BCUT2D eigenvalue weighted by atomic mass is 35.5. The fourth-order valence-electron chi connectivity index (χ4n) is 2.90. The van der Waals surface area contributed by atoms with Gasteiger partial charge in [0.15, 0.2) is 0 Å². The van der Waals surface area contributed by atoms with Crippen molar-refractivity contribution in [2.45, 2.75) is 24.1 Å². The van der Waals surface area contributed by atoms with Crippen LogP contribution in [0.25, 0.3) is 0 Å². The molecular weight excluding hydrogens is 441 g/mol. The zero-order valence-electron chi connectivity index (χ0n) is 15.7. The number of carbonyl (C=O) groups excluding carboxylic acids is 1. The van der Waals surface area contributed by atoms with Gasteiger partial charge < -0.3 is 10.1 Å². The lowest BCUT2D eigenvalue weighted by Gasteiger charge is -2.23. The maximum atomic E-state index is 12.2. The molecule has 0 radical (unpaired) electrons. The minimum atomic E-state index is -4.75. The van der Waals surface area contributed by atoms with Crippen molar-refractivity contribution in [3.8, 4) is 5.75 Å². The van der Waals surface area contributed by atoms with Crippen LogP contribution in [0.1, 0.15) is 12.8 Å². The van der Waals surface area contributed by atoms with E-state index in [-0.39, 0.29) is 11.7 Å². The highest BCUT2D eigenvalue weighted by molar-refractivity contribution is 7.89. The van der Waals surface area contributed by atoms with Crippen molar-refractivity contribution in [2.75, 3.05) is 18.4 Å². The number of hydrogen-bond donors (Lipinski definition) is 2. The Kier molecular flexibility index (Phi) is 7.30. The Balaban J connectivity index is 1.52. The van der Waals surface area contributed by atoms with E-state index in [2.05, 4.69) is 10.1 Å². The van der Waals surface area contributed by atoms with Gasteiger partial charge in [-0.2, -0.15) is 4.55 Å². The molecule has 1 atom stereocenters. The summed E-state index contributed by atoms with van der Waals surface area (Å²) in [5.41, 5.74) is 1.61. The van der Waals surface area contributed by atoms with Gasteiger partial charge in [-0.15, -0.1) is 13.2 Å². The first kappa shape index (κ1) is 22.5. The number of anilines is 1. The predicted octanol–water partition coefficient (Wildman–Crippen LogP) is 5.26. The molecule has 2 aromatic carbocycles. The van der Waals surface area contributed by atoms with Gasteiger partial charge in [-0.25, -0.2) is 0 Å². The Labute approximate surface area is 179 Å². The quantitative estimate of drug-likeness (QED) is 0.472. The van der Waals surface area contributed by atoms with E-state index >= 15 is 0 Å². The van der Waals surface area contributed by atoms with Crippen LogP contribution in [0, 0.1) is 0 Å². The number of ether oxygens (including phenoxy) is 1. The molecule has 1 heterocycles. The van der Waals surface area contributed by atoms with E-state index in [0.29, 0.717) is 41.5 Å². The average molecular weight is 460 g/mol. The van der Waals surface area contributed by atoms with Crippen molar-refractivity contribution < 1.29 is 27.3 Å². The van der Waals surface area contributed by atoms with Crippen LogP contribution in [0.5, 0.6) is 5.75 Å². The fraction of sp³-hybridized carbons (Fsp3) is 0.250. The van der Waals surface area contributed by atoms with E-state index in [0.717, 1.165) is 5.57 Å². The van der Waals surface area contributed by atoms with Gasteiger partial charge in [0.05, 0.1) is 13.1 Å². The summed E-state index contributed by atoms with van der Waals surface area (Å²) in [6, 6.07) is 12.0. The van der Waals surface area contributed by atoms with Gasteiger partial charge in [0.25, 0.3) is 11.4 Å². The molecule has 0 saturated carbocycles.